The summed E-state index contributed by atoms with van der Waals surface area (Å²) in [7, 11) is -0.912. The first-order valence-corrected chi connectivity index (χ1v) is 10.1. The average Bonchev–Trinajstić information content (AvgIpc) is 2.69. The van der Waals surface area contributed by atoms with Gasteiger partial charge in [0.25, 0.3) is 0 Å². The van der Waals surface area contributed by atoms with Crippen molar-refractivity contribution >= 4 is 10.0 Å². The molecular weight excluding hydrogens is 379 g/mol. The standard InChI is InChI=1S/C21H21FN2O3S/c1-24-13-15-8-10-17(14-6-4-3-5-7-14)20(21(15)22)18-12-16(27-2)9-11-19(18)28(23,25)26/h3-12,24H,13H2,1-2H3,(H2,23,25,26). The topological polar surface area (TPSA) is 81.4 Å². The SMILES string of the molecule is CNCc1ccc(-c2ccccc2)c(-c2cc(OC)ccc2S(N)(=O)=O)c1F. The Morgan fingerprint density at radius 2 is 1.75 bits per heavy atom. The van der Waals surface area contributed by atoms with E-state index in [4.69, 9.17) is 9.88 Å². The normalized spacial score (nSPS) is 11.4. The lowest BCUT2D eigenvalue weighted by Gasteiger charge is -2.17. The fourth-order valence-electron chi connectivity index (χ4n) is 3.15. The predicted molar refractivity (Wildman–Crippen MR) is 108 cm³/mol. The van der Waals surface area contributed by atoms with Crippen LogP contribution in [0.25, 0.3) is 22.3 Å². The van der Waals surface area contributed by atoms with Gasteiger partial charge in [-0.3, -0.25) is 0 Å². The van der Waals surface area contributed by atoms with E-state index < -0.39 is 15.8 Å². The number of halogens is 1. The van der Waals surface area contributed by atoms with E-state index in [1.54, 1.807) is 19.2 Å². The molecule has 0 spiro atoms. The molecule has 0 saturated carbocycles. The van der Waals surface area contributed by atoms with Crippen LogP contribution < -0.4 is 15.2 Å². The molecule has 7 heteroatoms. The highest BCUT2D eigenvalue weighted by atomic mass is 32.2. The number of nitrogens with two attached hydrogens (primary N) is 1. The minimum absolute atomic E-state index is 0.161. The average molecular weight is 400 g/mol. The van der Waals surface area contributed by atoms with Crippen LogP contribution in [-0.2, 0) is 16.6 Å². The Hall–Kier alpha value is -2.74. The molecule has 0 amide bonds. The summed E-state index contributed by atoms with van der Waals surface area (Å²) in [4.78, 5) is -0.161. The van der Waals surface area contributed by atoms with Crippen molar-refractivity contribution in [2.24, 2.45) is 5.14 Å². The maximum Gasteiger partial charge on any atom is 0.238 e. The van der Waals surface area contributed by atoms with Crippen molar-refractivity contribution in [3.05, 3.63) is 72.0 Å². The van der Waals surface area contributed by atoms with E-state index >= 15 is 4.39 Å². The molecule has 3 N–H and O–H groups in total. The Kier molecular flexibility index (Phi) is 5.79. The van der Waals surface area contributed by atoms with Crippen LogP contribution in [0.2, 0.25) is 0 Å². The van der Waals surface area contributed by atoms with Crippen LogP contribution in [0, 0.1) is 5.82 Å². The first-order valence-electron chi connectivity index (χ1n) is 8.59. The lowest BCUT2D eigenvalue weighted by molar-refractivity contribution is 0.414. The molecule has 3 rings (SSSR count). The van der Waals surface area contributed by atoms with Gasteiger partial charge in [0.1, 0.15) is 11.6 Å². The van der Waals surface area contributed by atoms with Crippen molar-refractivity contribution < 1.29 is 17.5 Å². The second-order valence-electron chi connectivity index (χ2n) is 6.26. The summed E-state index contributed by atoms with van der Waals surface area (Å²) in [5, 5.41) is 8.34. The number of nitrogens with one attached hydrogen (secondary N) is 1. The molecule has 3 aromatic carbocycles. The minimum atomic E-state index is -4.09. The van der Waals surface area contributed by atoms with E-state index in [1.165, 1.54) is 25.3 Å². The number of hydrogen-bond donors (Lipinski definition) is 2. The maximum absolute atomic E-state index is 15.6. The van der Waals surface area contributed by atoms with Crippen molar-refractivity contribution in [2.75, 3.05) is 14.2 Å². The highest BCUT2D eigenvalue weighted by Crippen LogP contribution is 2.40. The number of rotatable bonds is 6. The summed E-state index contributed by atoms with van der Waals surface area (Å²) >= 11 is 0. The van der Waals surface area contributed by atoms with Gasteiger partial charge in [-0.15, -0.1) is 0 Å². The highest BCUT2D eigenvalue weighted by molar-refractivity contribution is 7.89. The number of methoxy groups -OCH3 is 1. The second-order valence-corrected chi connectivity index (χ2v) is 7.79. The third kappa shape index (κ3) is 3.91. The number of benzene rings is 3. The zero-order chi connectivity index (χ0) is 20.3. The van der Waals surface area contributed by atoms with Crippen LogP contribution in [0.15, 0.2) is 65.6 Å². The summed E-state index contributed by atoms with van der Waals surface area (Å²) in [5.41, 5.74) is 2.07. The number of ether oxygens (including phenoxy) is 1. The Morgan fingerprint density at radius 1 is 1.04 bits per heavy atom. The summed E-state index contributed by atoms with van der Waals surface area (Å²) < 4.78 is 45.2. The summed E-state index contributed by atoms with van der Waals surface area (Å²) in [5.74, 6) is -0.103. The summed E-state index contributed by atoms with van der Waals surface area (Å²) in [6.45, 7) is 0.294. The van der Waals surface area contributed by atoms with Crippen LogP contribution in [-0.4, -0.2) is 22.6 Å². The predicted octanol–water partition coefficient (Wildman–Crippen LogP) is 3.54. The van der Waals surface area contributed by atoms with Crippen LogP contribution in [0.4, 0.5) is 4.39 Å². The molecule has 0 saturated heterocycles. The Labute approximate surface area is 164 Å². The zero-order valence-corrected chi connectivity index (χ0v) is 16.4. The molecular formula is C21H21FN2O3S. The van der Waals surface area contributed by atoms with E-state index in [1.807, 2.05) is 30.3 Å². The number of hydrogen-bond acceptors (Lipinski definition) is 4. The van der Waals surface area contributed by atoms with Gasteiger partial charge < -0.3 is 10.1 Å². The molecule has 0 aliphatic carbocycles. The Balaban J connectivity index is 2.42. The van der Waals surface area contributed by atoms with E-state index in [-0.39, 0.29) is 16.0 Å². The van der Waals surface area contributed by atoms with E-state index in [0.717, 1.165) is 5.56 Å². The first kappa shape index (κ1) is 20.0. The molecule has 0 bridgehead atoms. The molecule has 0 aliphatic heterocycles. The molecule has 0 heterocycles. The number of primary sulfonamides is 1. The fourth-order valence-corrected chi connectivity index (χ4v) is 3.87. The Morgan fingerprint density at radius 3 is 2.36 bits per heavy atom. The molecule has 28 heavy (non-hydrogen) atoms. The van der Waals surface area contributed by atoms with Crippen LogP contribution >= 0.6 is 0 Å². The van der Waals surface area contributed by atoms with Gasteiger partial charge in [0.2, 0.25) is 10.0 Å². The molecule has 0 unspecified atom stereocenters. The molecule has 146 valence electrons. The van der Waals surface area contributed by atoms with Crippen LogP contribution in [0.5, 0.6) is 5.75 Å². The quantitative estimate of drug-likeness (QED) is 0.663. The molecule has 5 nitrogen and oxygen atoms in total. The first-order chi connectivity index (χ1) is 13.4. The van der Waals surface area contributed by atoms with Crippen molar-refractivity contribution in [2.45, 2.75) is 11.4 Å². The molecule has 0 aromatic heterocycles. The lowest BCUT2D eigenvalue weighted by Crippen LogP contribution is -2.14. The molecule has 0 atom stereocenters. The van der Waals surface area contributed by atoms with Gasteiger partial charge in [-0.1, -0.05) is 42.5 Å². The second kappa shape index (κ2) is 8.10. The van der Waals surface area contributed by atoms with Gasteiger partial charge in [0.05, 0.1) is 12.0 Å². The molecule has 3 aromatic rings. The highest BCUT2D eigenvalue weighted by Gasteiger charge is 2.23. The van der Waals surface area contributed by atoms with Crippen LogP contribution in [0.3, 0.4) is 0 Å². The van der Waals surface area contributed by atoms with Gasteiger partial charge in [-0.05, 0) is 36.4 Å². The molecule has 0 aliphatic rings. The third-order valence-electron chi connectivity index (χ3n) is 4.44. The smallest absolute Gasteiger partial charge is 0.238 e. The van der Waals surface area contributed by atoms with E-state index in [9.17, 15) is 8.42 Å². The zero-order valence-electron chi connectivity index (χ0n) is 15.6. The van der Waals surface area contributed by atoms with Gasteiger partial charge >= 0.3 is 0 Å². The monoisotopic (exact) mass is 400 g/mol. The summed E-state index contributed by atoms with van der Waals surface area (Å²) in [6, 6.07) is 17.0. The molecule has 0 radical (unpaired) electrons. The summed E-state index contributed by atoms with van der Waals surface area (Å²) in [6.07, 6.45) is 0. The van der Waals surface area contributed by atoms with Crippen molar-refractivity contribution in [3.63, 3.8) is 0 Å². The van der Waals surface area contributed by atoms with E-state index in [2.05, 4.69) is 5.32 Å². The lowest BCUT2D eigenvalue weighted by atomic mass is 9.91. The fraction of sp³-hybridized carbons (Fsp3) is 0.143. The largest absolute Gasteiger partial charge is 0.497 e. The van der Waals surface area contributed by atoms with Crippen molar-refractivity contribution in [1.29, 1.82) is 0 Å². The molecule has 0 fully saturated rings. The maximum atomic E-state index is 15.6. The van der Waals surface area contributed by atoms with Gasteiger partial charge in [0.15, 0.2) is 0 Å². The van der Waals surface area contributed by atoms with Crippen molar-refractivity contribution in [3.8, 4) is 28.0 Å². The van der Waals surface area contributed by atoms with Crippen molar-refractivity contribution in [1.82, 2.24) is 5.32 Å². The third-order valence-corrected chi connectivity index (χ3v) is 5.41. The van der Waals surface area contributed by atoms with Gasteiger partial charge in [-0.25, -0.2) is 17.9 Å². The van der Waals surface area contributed by atoms with E-state index in [0.29, 0.717) is 23.4 Å². The Bertz CT molecular complexity index is 1100. The minimum Gasteiger partial charge on any atom is -0.497 e. The van der Waals surface area contributed by atoms with Gasteiger partial charge in [-0.2, -0.15) is 0 Å². The number of sulfonamides is 1. The van der Waals surface area contributed by atoms with Crippen LogP contribution in [0.1, 0.15) is 5.56 Å². The van der Waals surface area contributed by atoms with Gasteiger partial charge in [0, 0.05) is 23.2 Å².